The van der Waals surface area contributed by atoms with Gasteiger partial charge in [-0.25, -0.2) is 4.98 Å². The molecule has 1 aromatic carbocycles. The van der Waals surface area contributed by atoms with Gasteiger partial charge in [-0.3, -0.25) is 0 Å². The van der Waals surface area contributed by atoms with Gasteiger partial charge >= 0.3 is 0 Å². The lowest BCUT2D eigenvalue weighted by atomic mass is 10.0. The van der Waals surface area contributed by atoms with Crippen molar-refractivity contribution in [2.75, 3.05) is 0 Å². The minimum Gasteiger partial charge on any atom is -0.607 e. The van der Waals surface area contributed by atoms with E-state index in [1.165, 1.54) is 16.3 Å². The molecule has 0 radical (unpaired) electrons. The van der Waals surface area contributed by atoms with Gasteiger partial charge in [-0.2, -0.15) is 15.0 Å². The summed E-state index contributed by atoms with van der Waals surface area (Å²) >= 11 is -1.31. The SMILES string of the molecule is C=C[S@@+]([O-])c1ccc(-n2nc(C)c(-c3ccc(C#N)cc3)c2O)nc1. The first-order valence-corrected chi connectivity index (χ1v) is 8.55. The molecule has 0 amide bonds. The summed E-state index contributed by atoms with van der Waals surface area (Å²) < 4.78 is 13.0. The van der Waals surface area contributed by atoms with Crippen LogP contribution in [0.4, 0.5) is 0 Å². The molecule has 3 aromatic rings. The fourth-order valence-corrected chi connectivity index (χ4v) is 2.99. The van der Waals surface area contributed by atoms with Crippen LogP contribution >= 0.6 is 0 Å². The Labute approximate surface area is 147 Å². The zero-order valence-electron chi connectivity index (χ0n) is 13.4. The van der Waals surface area contributed by atoms with E-state index >= 15 is 0 Å². The second-order valence-electron chi connectivity index (χ2n) is 5.20. The monoisotopic (exact) mass is 350 g/mol. The number of rotatable bonds is 4. The van der Waals surface area contributed by atoms with Crippen molar-refractivity contribution in [3.05, 3.63) is 65.8 Å². The van der Waals surface area contributed by atoms with E-state index < -0.39 is 11.2 Å². The Morgan fingerprint density at radius 3 is 2.56 bits per heavy atom. The zero-order valence-corrected chi connectivity index (χ0v) is 14.2. The van der Waals surface area contributed by atoms with Crippen molar-refractivity contribution in [2.45, 2.75) is 11.8 Å². The van der Waals surface area contributed by atoms with Crippen molar-refractivity contribution in [3.63, 3.8) is 0 Å². The van der Waals surface area contributed by atoms with Crippen molar-refractivity contribution in [3.8, 4) is 28.9 Å². The maximum absolute atomic E-state index is 11.7. The van der Waals surface area contributed by atoms with Gasteiger partial charge in [0.25, 0.3) is 0 Å². The molecular formula is C18H14N4O2S. The predicted octanol–water partition coefficient (Wildman–Crippen LogP) is 3.07. The molecule has 2 heterocycles. The second-order valence-corrected chi connectivity index (χ2v) is 6.60. The quantitative estimate of drug-likeness (QED) is 0.729. The number of aryl methyl sites for hydroxylation is 1. The minimum absolute atomic E-state index is 0.0488. The fraction of sp³-hybridized carbons (Fsp3) is 0.0556. The van der Waals surface area contributed by atoms with Gasteiger partial charge < -0.3 is 9.66 Å². The molecule has 1 atom stereocenters. The van der Waals surface area contributed by atoms with Gasteiger partial charge in [-0.15, -0.1) is 0 Å². The zero-order chi connectivity index (χ0) is 18.0. The molecule has 0 unspecified atom stereocenters. The standard InChI is InChI=1S/C18H14N4O2S/c1-3-25(24)15-8-9-16(20-11-15)22-18(23)17(12(2)21-22)14-6-4-13(10-19)5-7-14/h3-9,11,23H,1H2,2H3/t25-/m1/s1. The first-order valence-electron chi connectivity index (χ1n) is 7.34. The van der Waals surface area contributed by atoms with E-state index in [1.54, 1.807) is 43.3 Å². The van der Waals surface area contributed by atoms with Crippen LogP contribution in [0.2, 0.25) is 0 Å². The van der Waals surface area contributed by atoms with Crippen molar-refractivity contribution in [1.29, 1.82) is 5.26 Å². The molecule has 0 saturated carbocycles. The first kappa shape index (κ1) is 16.8. The molecule has 2 aromatic heterocycles. The van der Waals surface area contributed by atoms with Crippen LogP contribution < -0.4 is 0 Å². The smallest absolute Gasteiger partial charge is 0.223 e. The summed E-state index contributed by atoms with van der Waals surface area (Å²) in [5.74, 6) is 0.359. The number of aromatic hydroxyl groups is 1. The number of nitrogens with zero attached hydrogens (tertiary/aromatic N) is 4. The van der Waals surface area contributed by atoms with Crippen LogP contribution in [0.15, 0.2) is 59.5 Å². The highest BCUT2D eigenvalue weighted by Gasteiger charge is 2.18. The van der Waals surface area contributed by atoms with E-state index in [1.807, 2.05) is 0 Å². The fourth-order valence-electron chi connectivity index (χ4n) is 2.44. The highest BCUT2D eigenvalue weighted by atomic mass is 32.2. The lowest BCUT2D eigenvalue weighted by Gasteiger charge is -2.06. The van der Waals surface area contributed by atoms with Crippen LogP contribution in [0.5, 0.6) is 5.88 Å². The van der Waals surface area contributed by atoms with E-state index in [2.05, 4.69) is 22.7 Å². The lowest BCUT2D eigenvalue weighted by molar-refractivity contribution is 0.433. The number of benzene rings is 1. The summed E-state index contributed by atoms with van der Waals surface area (Å²) in [6.07, 6.45) is 1.46. The van der Waals surface area contributed by atoms with Gasteiger partial charge in [0.05, 0.1) is 29.1 Å². The maximum Gasteiger partial charge on any atom is 0.223 e. The molecule has 7 heteroatoms. The molecule has 0 aliphatic rings. The van der Waals surface area contributed by atoms with Crippen LogP contribution in [0.25, 0.3) is 16.9 Å². The summed E-state index contributed by atoms with van der Waals surface area (Å²) in [6, 6.07) is 12.2. The molecule has 6 nitrogen and oxygen atoms in total. The molecule has 0 saturated heterocycles. The third-order valence-corrected chi connectivity index (χ3v) is 4.67. The molecular weight excluding hydrogens is 336 g/mol. The van der Waals surface area contributed by atoms with Gasteiger partial charge in [0, 0.05) is 11.2 Å². The van der Waals surface area contributed by atoms with Crippen molar-refractivity contribution >= 4 is 11.2 Å². The maximum atomic E-state index is 11.7. The molecule has 0 aliphatic carbocycles. The highest BCUT2D eigenvalue weighted by Crippen LogP contribution is 2.34. The van der Waals surface area contributed by atoms with E-state index in [4.69, 9.17) is 5.26 Å². The Morgan fingerprint density at radius 2 is 2.00 bits per heavy atom. The summed E-state index contributed by atoms with van der Waals surface area (Å²) in [7, 11) is 0. The highest BCUT2D eigenvalue weighted by molar-refractivity contribution is 7.94. The Morgan fingerprint density at radius 1 is 1.28 bits per heavy atom. The molecule has 0 spiro atoms. The van der Waals surface area contributed by atoms with Gasteiger partial charge in [0.1, 0.15) is 5.41 Å². The van der Waals surface area contributed by atoms with Crippen LogP contribution in [0, 0.1) is 18.3 Å². The molecule has 124 valence electrons. The lowest BCUT2D eigenvalue weighted by Crippen LogP contribution is -2.02. The Bertz CT molecular complexity index is 956. The molecule has 0 fully saturated rings. The number of aromatic nitrogens is 3. The van der Waals surface area contributed by atoms with Crippen LogP contribution in [0.3, 0.4) is 0 Å². The molecule has 0 aliphatic heterocycles. The van der Waals surface area contributed by atoms with Gasteiger partial charge in [-0.1, -0.05) is 18.7 Å². The summed E-state index contributed by atoms with van der Waals surface area (Å²) in [5, 5.41) is 25.1. The average Bonchev–Trinajstić information content (AvgIpc) is 2.95. The van der Waals surface area contributed by atoms with E-state index in [-0.39, 0.29) is 5.88 Å². The first-order chi connectivity index (χ1) is 12.0. The third kappa shape index (κ3) is 3.13. The number of hydrogen-bond donors (Lipinski definition) is 1. The minimum atomic E-state index is -1.31. The molecule has 3 rings (SSSR count). The average molecular weight is 350 g/mol. The van der Waals surface area contributed by atoms with Gasteiger partial charge in [-0.05, 0) is 36.8 Å². The molecule has 25 heavy (non-hydrogen) atoms. The third-order valence-electron chi connectivity index (χ3n) is 3.66. The van der Waals surface area contributed by atoms with E-state index in [0.717, 1.165) is 5.56 Å². The van der Waals surface area contributed by atoms with E-state index in [0.29, 0.717) is 27.5 Å². The summed E-state index contributed by atoms with van der Waals surface area (Å²) in [6.45, 7) is 5.27. The van der Waals surface area contributed by atoms with Crippen molar-refractivity contribution < 1.29 is 9.66 Å². The van der Waals surface area contributed by atoms with Crippen molar-refractivity contribution in [1.82, 2.24) is 14.8 Å². The van der Waals surface area contributed by atoms with Crippen LogP contribution in [-0.4, -0.2) is 24.4 Å². The second kappa shape index (κ2) is 6.81. The number of hydrogen-bond acceptors (Lipinski definition) is 5. The predicted molar refractivity (Wildman–Crippen MR) is 94.5 cm³/mol. The summed E-state index contributed by atoms with van der Waals surface area (Å²) in [5.41, 5.74) is 2.50. The summed E-state index contributed by atoms with van der Waals surface area (Å²) in [4.78, 5) is 4.73. The van der Waals surface area contributed by atoms with Gasteiger partial charge in [0.15, 0.2) is 10.7 Å². The van der Waals surface area contributed by atoms with E-state index in [9.17, 15) is 9.66 Å². The normalized spacial score (nSPS) is 11.7. The Hall–Kier alpha value is -3.08. The van der Waals surface area contributed by atoms with Gasteiger partial charge in [0.2, 0.25) is 5.88 Å². The topological polar surface area (TPSA) is 97.8 Å². The molecule has 1 N–H and O–H groups in total. The number of nitriles is 1. The Kier molecular flexibility index (Phi) is 4.57. The largest absolute Gasteiger partial charge is 0.607 e. The number of pyridine rings is 1. The van der Waals surface area contributed by atoms with Crippen molar-refractivity contribution in [2.24, 2.45) is 0 Å². The Balaban J connectivity index is 2.02. The van der Waals surface area contributed by atoms with Crippen LogP contribution in [0.1, 0.15) is 11.3 Å². The molecule has 0 bridgehead atoms. The van der Waals surface area contributed by atoms with Crippen LogP contribution in [-0.2, 0) is 11.2 Å².